The van der Waals surface area contributed by atoms with Crippen molar-refractivity contribution in [2.75, 3.05) is 57.3 Å². The lowest BCUT2D eigenvalue weighted by Gasteiger charge is -2.31. The summed E-state index contributed by atoms with van der Waals surface area (Å²) in [6.45, 7) is 5.15. The van der Waals surface area contributed by atoms with Crippen LogP contribution in [0.5, 0.6) is 0 Å². The summed E-state index contributed by atoms with van der Waals surface area (Å²) >= 11 is 0. The Morgan fingerprint density at radius 1 is 1.18 bits per heavy atom. The molecule has 12 heteroatoms. The number of aromatic carboxylic acids is 1. The van der Waals surface area contributed by atoms with Crippen molar-refractivity contribution in [3.8, 4) is 22.3 Å². The Morgan fingerprint density at radius 3 is 2.76 bits per heavy atom. The van der Waals surface area contributed by atoms with Crippen molar-refractivity contribution in [2.45, 2.75) is 32.2 Å². The first-order chi connectivity index (χ1) is 21.7. The predicted octanol–water partition coefficient (Wildman–Crippen LogP) is 3.90. The molecule has 5 heterocycles. The molecule has 0 amide bonds. The first kappa shape index (κ1) is 29.3. The van der Waals surface area contributed by atoms with Gasteiger partial charge in [0.05, 0.1) is 29.9 Å². The van der Waals surface area contributed by atoms with Crippen molar-refractivity contribution < 1.29 is 23.4 Å². The molecule has 1 unspecified atom stereocenters. The van der Waals surface area contributed by atoms with Gasteiger partial charge < -0.3 is 25.1 Å². The number of nitrogens with one attached hydrogen (secondary N) is 1. The van der Waals surface area contributed by atoms with Gasteiger partial charge in [-0.1, -0.05) is 6.92 Å². The summed E-state index contributed by atoms with van der Waals surface area (Å²) in [5.74, 6) is -2.70. The molecule has 4 aromatic rings. The molecule has 2 N–H and O–H groups in total. The lowest BCUT2D eigenvalue weighted by Crippen LogP contribution is -2.35. The Kier molecular flexibility index (Phi) is 7.28. The molecule has 2 fully saturated rings. The lowest BCUT2D eigenvalue weighted by molar-refractivity contribution is 0.0695. The van der Waals surface area contributed by atoms with E-state index in [-0.39, 0.29) is 22.6 Å². The van der Waals surface area contributed by atoms with Gasteiger partial charge in [0.2, 0.25) is 5.43 Å². The van der Waals surface area contributed by atoms with Gasteiger partial charge in [-0.05, 0) is 49.1 Å². The fourth-order valence-corrected chi connectivity index (χ4v) is 7.46. The minimum absolute atomic E-state index is 0.106. The molecule has 0 saturated carbocycles. The molecule has 2 atom stereocenters. The normalized spacial score (nSPS) is 18.8. The maximum Gasteiger partial charge on any atom is 0.341 e. The number of hydrogen-bond donors (Lipinski definition) is 2. The summed E-state index contributed by atoms with van der Waals surface area (Å²) in [5, 5.41) is 9.93. The maximum absolute atomic E-state index is 15.8. The highest BCUT2D eigenvalue weighted by Crippen LogP contribution is 2.51. The molecule has 2 saturated heterocycles. The fraction of sp³-hybridized carbons (Fsp3) is 0.394. The smallest absolute Gasteiger partial charge is 0.341 e. The van der Waals surface area contributed by atoms with Crippen LogP contribution in [-0.4, -0.2) is 83.6 Å². The van der Waals surface area contributed by atoms with Crippen LogP contribution < -0.4 is 15.8 Å². The summed E-state index contributed by atoms with van der Waals surface area (Å²) in [6, 6.07) is 3.08. The molecule has 1 aliphatic carbocycles. The molecule has 10 nitrogen and oxygen atoms in total. The van der Waals surface area contributed by atoms with E-state index in [0.29, 0.717) is 54.3 Å². The minimum Gasteiger partial charge on any atom is -0.477 e. The van der Waals surface area contributed by atoms with Crippen molar-refractivity contribution >= 4 is 22.7 Å². The van der Waals surface area contributed by atoms with Gasteiger partial charge in [0.15, 0.2) is 17.3 Å². The van der Waals surface area contributed by atoms with Gasteiger partial charge in [-0.2, -0.15) is 0 Å². The average molecular weight is 617 g/mol. The summed E-state index contributed by atoms with van der Waals surface area (Å²) in [6.07, 6.45) is 6.48. The summed E-state index contributed by atoms with van der Waals surface area (Å²) in [4.78, 5) is 39.5. The second-order valence-electron chi connectivity index (χ2n) is 12.1. The van der Waals surface area contributed by atoms with Gasteiger partial charge in [0.1, 0.15) is 5.56 Å². The van der Waals surface area contributed by atoms with Gasteiger partial charge in [-0.25, -0.2) is 23.2 Å². The number of carboxylic acids is 1. The lowest BCUT2D eigenvalue weighted by atomic mass is 9.94. The van der Waals surface area contributed by atoms with Crippen molar-refractivity contribution in [3.63, 3.8) is 0 Å². The van der Waals surface area contributed by atoms with Crippen molar-refractivity contribution in [2.24, 2.45) is 5.92 Å². The van der Waals surface area contributed by atoms with E-state index < -0.39 is 28.6 Å². The van der Waals surface area contributed by atoms with E-state index in [1.807, 2.05) is 6.92 Å². The molecule has 234 valence electrons. The van der Waals surface area contributed by atoms with Crippen LogP contribution >= 0.6 is 0 Å². The number of benzene rings is 1. The molecule has 2 aliphatic heterocycles. The zero-order valence-corrected chi connectivity index (χ0v) is 25.4. The number of aromatic nitrogens is 3. The molecule has 0 spiro atoms. The largest absolute Gasteiger partial charge is 0.477 e. The number of aryl methyl sites for hydroxylation is 1. The third kappa shape index (κ3) is 4.66. The van der Waals surface area contributed by atoms with E-state index in [0.717, 1.165) is 42.9 Å². The third-order valence-electron chi connectivity index (χ3n) is 9.51. The standard InChI is InChI=1S/C33H34F2N6O4/c1-4-17-10-24(34)29(35)27-20(17)11-25-28(27)30(40-7-5-18-14-39(2)16-26(18)40)22(13-36-25)19-9-21-31(42)23(33(43)44)15-41(32(21)37-12-19)38-6-8-45-3/h9-10,12-13,15,18,26,38H,4-8,11,14,16H2,1-3H3,(H,43,44)/t18-,26?/m0/s1. The Balaban J connectivity index is 1.48. The maximum atomic E-state index is 15.8. The number of halogens is 2. The predicted molar refractivity (Wildman–Crippen MR) is 167 cm³/mol. The van der Waals surface area contributed by atoms with Crippen molar-refractivity contribution in [1.82, 2.24) is 19.5 Å². The van der Waals surface area contributed by atoms with Crippen LogP contribution in [0.15, 0.2) is 35.5 Å². The third-order valence-corrected chi connectivity index (χ3v) is 9.51. The molecule has 45 heavy (non-hydrogen) atoms. The first-order valence-corrected chi connectivity index (χ1v) is 15.2. The summed E-state index contributed by atoms with van der Waals surface area (Å²) < 4.78 is 37.4. The number of nitrogens with zero attached hydrogens (tertiary/aromatic N) is 5. The van der Waals surface area contributed by atoms with Crippen molar-refractivity contribution in [1.29, 1.82) is 0 Å². The van der Waals surface area contributed by atoms with Crippen LogP contribution in [0.25, 0.3) is 33.3 Å². The minimum atomic E-state index is -1.36. The van der Waals surface area contributed by atoms with Gasteiger partial charge >= 0.3 is 5.97 Å². The van der Waals surface area contributed by atoms with Gasteiger partial charge in [-0.3, -0.25) is 9.78 Å². The number of likely N-dealkylation sites (N-methyl/N-ethyl adjacent to an activating group) is 1. The number of fused-ring (bicyclic) bond motifs is 5. The Morgan fingerprint density at radius 2 is 2.00 bits per heavy atom. The van der Waals surface area contributed by atoms with Crippen LogP contribution in [0, 0.1) is 17.6 Å². The van der Waals surface area contributed by atoms with E-state index >= 15 is 8.78 Å². The number of ether oxygens (including phenoxy) is 1. The number of likely N-dealkylation sites (tertiary alicyclic amines) is 1. The SMILES string of the molecule is CCc1cc(F)c(F)c2c1Cc1ncc(-c3cnc4c(c3)c(=O)c(C(=O)O)cn4NCCOC)c(N3CC[C@H]4CN(C)CC43)c1-2. The molecule has 3 aliphatic rings. The highest BCUT2D eigenvalue weighted by atomic mass is 19.2. The highest BCUT2D eigenvalue weighted by molar-refractivity contribution is 5.98. The fourth-order valence-electron chi connectivity index (χ4n) is 7.46. The molecular weight excluding hydrogens is 582 g/mol. The molecule has 7 rings (SSSR count). The van der Waals surface area contributed by atoms with Gasteiger partial charge in [0, 0.05) is 80.1 Å². The number of carboxylic acid groups (broad SMARTS) is 1. The molecule has 3 aromatic heterocycles. The van der Waals surface area contributed by atoms with Crippen LogP contribution in [0.1, 0.15) is 40.5 Å². The summed E-state index contributed by atoms with van der Waals surface area (Å²) in [7, 11) is 3.64. The van der Waals surface area contributed by atoms with E-state index in [2.05, 4.69) is 27.3 Å². The van der Waals surface area contributed by atoms with Crippen LogP contribution in [0.3, 0.4) is 0 Å². The number of rotatable bonds is 8. The Hall–Kier alpha value is -4.42. The van der Waals surface area contributed by atoms with Crippen molar-refractivity contribution in [3.05, 3.63) is 75.0 Å². The van der Waals surface area contributed by atoms with E-state index in [9.17, 15) is 14.7 Å². The highest BCUT2D eigenvalue weighted by Gasteiger charge is 2.43. The number of methoxy groups -OCH3 is 1. The Labute approximate surface area is 258 Å². The van der Waals surface area contributed by atoms with Crippen LogP contribution in [0.4, 0.5) is 14.5 Å². The number of anilines is 1. The molecule has 1 aromatic carbocycles. The van der Waals surface area contributed by atoms with E-state index in [1.54, 1.807) is 25.6 Å². The zero-order valence-electron chi connectivity index (χ0n) is 25.4. The quantitative estimate of drug-likeness (QED) is 0.251. The Bertz CT molecular complexity index is 1930. The second-order valence-corrected chi connectivity index (χ2v) is 12.1. The van der Waals surface area contributed by atoms with E-state index in [4.69, 9.17) is 9.72 Å². The number of carbonyl (C=O) groups is 1. The number of pyridine rings is 3. The zero-order chi connectivity index (χ0) is 31.6. The molecule has 0 radical (unpaired) electrons. The first-order valence-electron chi connectivity index (χ1n) is 15.2. The second kappa shape index (κ2) is 11.2. The van der Waals surface area contributed by atoms with Crippen LogP contribution in [-0.2, 0) is 17.6 Å². The molecule has 0 bridgehead atoms. The average Bonchev–Trinajstić information content (AvgIpc) is 3.71. The van der Waals surface area contributed by atoms with Crippen LogP contribution in [0.2, 0.25) is 0 Å². The van der Waals surface area contributed by atoms with Gasteiger partial charge in [-0.15, -0.1) is 0 Å². The monoisotopic (exact) mass is 616 g/mol. The van der Waals surface area contributed by atoms with E-state index in [1.165, 1.54) is 16.9 Å². The summed E-state index contributed by atoms with van der Waals surface area (Å²) in [5.41, 5.74) is 7.18. The van der Waals surface area contributed by atoms with Gasteiger partial charge in [0.25, 0.3) is 0 Å². The molecular formula is C33H34F2N6O4. The number of hydrogen-bond acceptors (Lipinski definition) is 8. The topological polar surface area (TPSA) is 113 Å².